The third-order valence-electron chi connectivity index (χ3n) is 5.09. The molecule has 0 radical (unpaired) electrons. The molecule has 1 aromatic rings. The number of sulfonamides is 1. The molecular weight excluding hydrogens is 284 g/mol. The van der Waals surface area contributed by atoms with Crippen LogP contribution >= 0.6 is 0 Å². The Morgan fingerprint density at radius 3 is 2.33 bits per heavy atom. The quantitative estimate of drug-likeness (QED) is 0.873. The van der Waals surface area contributed by atoms with E-state index in [1.54, 1.807) is 10.4 Å². The van der Waals surface area contributed by atoms with E-state index in [1.165, 1.54) is 0 Å². The van der Waals surface area contributed by atoms with Crippen molar-refractivity contribution in [2.24, 2.45) is 5.41 Å². The molecule has 1 saturated heterocycles. The monoisotopic (exact) mass is 310 g/mol. The number of rotatable bonds is 3. The van der Waals surface area contributed by atoms with E-state index in [4.69, 9.17) is 5.73 Å². The van der Waals surface area contributed by atoms with Crippen LogP contribution in [-0.2, 0) is 10.0 Å². The van der Waals surface area contributed by atoms with E-state index in [2.05, 4.69) is 13.8 Å². The fraction of sp³-hybridized carbons (Fsp3) is 0.625. The molecule has 2 N–H and O–H groups in total. The molecule has 1 heterocycles. The first kappa shape index (κ1) is 16.3. The second-order valence-corrected chi connectivity index (χ2v) is 8.37. The fourth-order valence-electron chi connectivity index (χ4n) is 2.90. The van der Waals surface area contributed by atoms with Crippen LogP contribution in [0.25, 0.3) is 0 Å². The van der Waals surface area contributed by atoms with Crippen molar-refractivity contribution in [3.8, 4) is 0 Å². The fourth-order valence-corrected chi connectivity index (χ4v) is 4.74. The maximum atomic E-state index is 12.9. The maximum absolute atomic E-state index is 12.9. The van der Waals surface area contributed by atoms with Gasteiger partial charge in [-0.25, -0.2) is 8.42 Å². The number of nitrogen functional groups attached to an aromatic ring is 1. The molecule has 0 saturated carbocycles. The first-order valence-corrected chi connectivity index (χ1v) is 9.01. The van der Waals surface area contributed by atoms with Crippen LogP contribution in [0.15, 0.2) is 17.0 Å². The summed E-state index contributed by atoms with van der Waals surface area (Å²) >= 11 is 0. The van der Waals surface area contributed by atoms with Crippen LogP contribution in [0.5, 0.6) is 0 Å². The number of benzene rings is 1. The molecular formula is C16H26N2O2S. The Kier molecular flexibility index (Phi) is 4.36. The van der Waals surface area contributed by atoms with Gasteiger partial charge in [-0.05, 0) is 49.3 Å². The zero-order valence-corrected chi connectivity index (χ0v) is 14.3. The number of nitrogens with zero attached hydrogens (tertiary/aromatic N) is 1. The van der Waals surface area contributed by atoms with Crippen LogP contribution in [0, 0.1) is 19.3 Å². The van der Waals surface area contributed by atoms with Gasteiger partial charge < -0.3 is 5.73 Å². The first-order valence-electron chi connectivity index (χ1n) is 7.57. The van der Waals surface area contributed by atoms with Gasteiger partial charge in [0, 0.05) is 13.1 Å². The summed E-state index contributed by atoms with van der Waals surface area (Å²) < 4.78 is 27.5. The van der Waals surface area contributed by atoms with E-state index in [-0.39, 0.29) is 5.41 Å². The number of hydrogen-bond acceptors (Lipinski definition) is 3. The lowest BCUT2D eigenvalue weighted by atomic mass is 9.79. The highest BCUT2D eigenvalue weighted by atomic mass is 32.2. The van der Waals surface area contributed by atoms with Crippen molar-refractivity contribution in [3.05, 3.63) is 23.3 Å². The SMILES string of the molecule is CCC1(C)CCN(S(=O)(=O)c2c(N)ccc(C)c2C)CC1. The molecule has 0 atom stereocenters. The van der Waals surface area contributed by atoms with Gasteiger partial charge in [-0.3, -0.25) is 0 Å². The van der Waals surface area contributed by atoms with Gasteiger partial charge in [0.2, 0.25) is 10.0 Å². The molecule has 0 spiro atoms. The molecule has 4 nitrogen and oxygen atoms in total. The Hall–Kier alpha value is -1.07. The molecule has 0 aliphatic carbocycles. The summed E-state index contributed by atoms with van der Waals surface area (Å²) in [5, 5.41) is 0. The predicted molar refractivity (Wildman–Crippen MR) is 86.7 cm³/mol. The Morgan fingerprint density at radius 1 is 1.24 bits per heavy atom. The Balaban J connectivity index is 2.35. The van der Waals surface area contributed by atoms with Gasteiger partial charge >= 0.3 is 0 Å². The van der Waals surface area contributed by atoms with Crippen molar-refractivity contribution in [1.29, 1.82) is 0 Å². The highest BCUT2D eigenvalue weighted by Gasteiger charge is 2.35. The molecule has 5 heteroatoms. The van der Waals surface area contributed by atoms with Gasteiger partial charge in [-0.15, -0.1) is 0 Å². The number of piperidine rings is 1. The smallest absolute Gasteiger partial charge is 0.245 e. The zero-order chi connectivity index (χ0) is 15.8. The minimum absolute atomic E-state index is 0.263. The van der Waals surface area contributed by atoms with Crippen molar-refractivity contribution in [1.82, 2.24) is 4.31 Å². The summed E-state index contributed by atoms with van der Waals surface area (Å²) in [7, 11) is -3.50. The van der Waals surface area contributed by atoms with Gasteiger partial charge in [0.05, 0.1) is 5.69 Å². The average molecular weight is 310 g/mol. The van der Waals surface area contributed by atoms with E-state index >= 15 is 0 Å². The van der Waals surface area contributed by atoms with Crippen LogP contribution in [-0.4, -0.2) is 25.8 Å². The summed E-state index contributed by atoms with van der Waals surface area (Å²) in [6.45, 7) is 9.33. The first-order chi connectivity index (χ1) is 9.71. The minimum atomic E-state index is -3.50. The van der Waals surface area contributed by atoms with E-state index < -0.39 is 10.0 Å². The lowest BCUT2D eigenvalue weighted by Crippen LogP contribution is -2.42. The number of nitrogens with two attached hydrogens (primary N) is 1. The largest absolute Gasteiger partial charge is 0.398 e. The predicted octanol–water partition coefficient (Wildman–Crippen LogP) is 3.09. The van der Waals surface area contributed by atoms with E-state index in [9.17, 15) is 8.42 Å². The molecule has 2 rings (SSSR count). The van der Waals surface area contributed by atoms with Crippen LogP contribution in [0.1, 0.15) is 44.2 Å². The third kappa shape index (κ3) is 2.94. The molecule has 0 amide bonds. The summed E-state index contributed by atoms with van der Waals surface area (Å²) in [4.78, 5) is 0.294. The number of anilines is 1. The van der Waals surface area contributed by atoms with Gasteiger partial charge in [-0.2, -0.15) is 4.31 Å². The van der Waals surface area contributed by atoms with Gasteiger partial charge in [0.1, 0.15) is 4.90 Å². The van der Waals surface area contributed by atoms with E-state index in [0.29, 0.717) is 23.7 Å². The highest BCUT2D eigenvalue weighted by Crippen LogP contribution is 2.37. The Labute approximate surface area is 128 Å². The molecule has 0 aromatic heterocycles. The molecule has 1 aliphatic heterocycles. The summed E-state index contributed by atoms with van der Waals surface area (Å²) in [6.07, 6.45) is 2.91. The standard InChI is InChI=1S/C16H26N2O2S/c1-5-16(4)8-10-18(11-9-16)21(19,20)15-13(3)12(2)6-7-14(15)17/h6-7H,5,8-11,17H2,1-4H3. The van der Waals surface area contributed by atoms with Crippen molar-refractivity contribution < 1.29 is 8.42 Å². The molecule has 0 unspecified atom stereocenters. The van der Waals surface area contributed by atoms with E-state index in [0.717, 1.165) is 30.4 Å². The summed E-state index contributed by atoms with van der Waals surface area (Å²) in [6, 6.07) is 3.56. The second-order valence-electron chi connectivity index (χ2n) is 6.49. The maximum Gasteiger partial charge on any atom is 0.245 e. The van der Waals surface area contributed by atoms with E-state index in [1.807, 2.05) is 19.9 Å². The molecule has 1 aliphatic rings. The zero-order valence-electron chi connectivity index (χ0n) is 13.4. The average Bonchev–Trinajstić information content (AvgIpc) is 2.43. The molecule has 1 aromatic carbocycles. The lowest BCUT2D eigenvalue weighted by Gasteiger charge is -2.38. The third-order valence-corrected chi connectivity index (χ3v) is 7.19. The normalized spacial score (nSPS) is 19.6. The van der Waals surface area contributed by atoms with Crippen molar-refractivity contribution in [2.75, 3.05) is 18.8 Å². The van der Waals surface area contributed by atoms with Crippen LogP contribution in [0.4, 0.5) is 5.69 Å². The Morgan fingerprint density at radius 2 is 1.81 bits per heavy atom. The molecule has 118 valence electrons. The van der Waals surface area contributed by atoms with Gasteiger partial charge in [-0.1, -0.05) is 26.3 Å². The number of hydrogen-bond donors (Lipinski definition) is 1. The Bertz CT molecular complexity index is 630. The van der Waals surface area contributed by atoms with Gasteiger partial charge in [0.25, 0.3) is 0 Å². The topological polar surface area (TPSA) is 63.4 Å². The van der Waals surface area contributed by atoms with Crippen LogP contribution in [0.3, 0.4) is 0 Å². The molecule has 21 heavy (non-hydrogen) atoms. The van der Waals surface area contributed by atoms with Crippen molar-refractivity contribution in [2.45, 2.75) is 51.9 Å². The number of aryl methyl sites for hydroxylation is 1. The van der Waals surface area contributed by atoms with Crippen LogP contribution < -0.4 is 5.73 Å². The lowest BCUT2D eigenvalue weighted by molar-refractivity contribution is 0.169. The second kappa shape index (κ2) is 5.61. The highest BCUT2D eigenvalue weighted by molar-refractivity contribution is 7.89. The van der Waals surface area contributed by atoms with Crippen LogP contribution in [0.2, 0.25) is 0 Å². The van der Waals surface area contributed by atoms with Gasteiger partial charge in [0.15, 0.2) is 0 Å². The summed E-state index contributed by atoms with van der Waals surface area (Å²) in [5.41, 5.74) is 8.29. The minimum Gasteiger partial charge on any atom is -0.398 e. The molecule has 1 fully saturated rings. The molecule has 0 bridgehead atoms. The summed E-state index contributed by atoms with van der Waals surface area (Å²) in [5.74, 6) is 0. The van der Waals surface area contributed by atoms with Crippen molar-refractivity contribution in [3.63, 3.8) is 0 Å². The van der Waals surface area contributed by atoms with Crippen molar-refractivity contribution >= 4 is 15.7 Å².